The topological polar surface area (TPSA) is 187 Å². The summed E-state index contributed by atoms with van der Waals surface area (Å²) >= 11 is 7.95. The lowest BCUT2D eigenvalue weighted by Gasteiger charge is -2.37. The van der Waals surface area contributed by atoms with Gasteiger partial charge in [-0.1, -0.05) is 49.7 Å². The van der Waals surface area contributed by atoms with Crippen LogP contribution in [0.15, 0.2) is 70.5 Å². The summed E-state index contributed by atoms with van der Waals surface area (Å²) in [6.07, 6.45) is 3.37. The first kappa shape index (κ1) is 45.1. The van der Waals surface area contributed by atoms with Crippen LogP contribution in [0.4, 0.5) is 0 Å². The molecule has 0 unspecified atom stereocenters. The Hall–Kier alpha value is -6.10. The van der Waals surface area contributed by atoms with Crippen LogP contribution in [0.2, 0.25) is 5.02 Å². The smallest absolute Gasteiger partial charge is 0.348 e. The molecule has 6 aromatic rings. The third kappa shape index (κ3) is 8.93. The normalized spacial score (nSPS) is 17.1. The van der Waals surface area contributed by atoms with Gasteiger partial charge in [0, 0.05) is 59.2 Å². The van der Waals surface area contributed by atoms with Crippen LogP contribution in [0.5, 0.6) is 11.5 Å². The van der Waals surface area contributed by atoms with Crippen LogP contribution in [0.25, 0.3) is 22.1 Å². The number of thiophene rings is 1. The number of benzene rings is 3. The standard InChI is InChI=1S/C49H55ClN10O5S/c1-27(2)37-22-38(41(62)24-40(37)61)45-54-56-49(65)60(45)36-12-6-32(7-13-36)26-57-18-16-34(17-19-57)47(64)58-20-14-31(15-21-58)25-51-42(63)23-39-46-55-53-30(5)59(46)48-43(28(3)29(4)66-48)44(52-39)33-8-10-35(50)11-9-33/h6-13,22,24,27,31,34,39,61-62H,14-21,23,25-26H2,1-5H3,(H,51,63)(H,56,65)/t39-/m0/s1. The van der Waals surface area contributed by atoms with E-state index in [0.717, 1.165) is 77.6 Å². The summed E-state index contributed by atoms with van der Waals surface area (Å²) in [4.78, 5) is 51.1. The van der Waals surface area contributed by atoms with Crippen molar-refractivity contribution in [3.8, 4) is 33.6 Å². The van der Waals surface area contributed by atoms with Crippen LogP contribution in [0.3, 0.4) is 0 Å². The summed E-state index contributed by atoms with van der Waals surface area (Å²) in [5.41, 5.74) is 6.13. The first-order chi connectivity index (χ1) is 31.7. The second kappa shape index (κ2) is 18.6. The molecule has 0 radical (unpaired) electrons. The van der Waals surface area contributed by atoms with Crippen molar-refractivity contribution < 1.29 is 19.8 Å². The number of aliphatic imine (C=N–C) groups is 1. The van der Waals surface area contributed by atoms with Crippen LogP contribution in [0.1, 0.15) is 102 Å². The molecule has 3 aliphatic heterocycles. The maximum absolute atomic E-state index is 13.7. The van der Waals surface area contributed by atoms with Gasteiger partial charge in [-0.15, -0.1) is 21.5 Å². The molecule has 2 amide bonds. The second-order valence-corrected chi connectivity index (χ2v) is 19.8. The molecule has 0 saturated carbocycles. The Labute approximate surface area is 392 Å². The number of aromatic amines is 1. The molecule has 9 rings (SSSR count). The number of piperidine rings is 2. The summed E-state index contributed by atoms with van der Waals surface area (Å²) in [6.45, 7) is 14.3. The third-order valence-corrected chi connectivity index (χ3v) is 14.9. The van der Waals surface area contributed by atoms with E-state index in [9.17, 15) is 24.6 Å². The number of phenolic OH excluding ortho intramolecular Hbond substituents is 2. The number of likely N-dealkylation sites (tertiary alicyclic amines) is 2. The Kier molecular flexibility index (Phi) is 12.7. The number of nitrogens with zero attached hydrogens (tertiary/aromatic N) is 8. The molecule has 66 heavy (non-hydrogen) atoms. The minimum atomic E-state index is -0.537. The predicted octanol–water partition coefficient (Wildman–Crippen LogP) is 7.53. The van der Waals surface area contributed by atoms with Crippen LogP contribution < -0.4 is 11.0 Å². The Morgan fingerprint density at radius 3 is 2.32 bits per heavy atom. The van der Waals surface area contributed by atoms with E-state index in [0.29, 0.717) is 53.8 Å². The van der Waals surface area contributed by atoms with E-state index in [1.807, 2.05) is 74.2 Å². The van der Waals surface area contributed by atoms with E-state index >= 15 is 0 Å². The summed E-state index contributed by atoms with van der Waals surface area (Å²) in [7, 11) is 0. The van der Waals surface area contributed by atoms with Gasteiger partial charge in [0.05, 0.1) is 23.4 Å². The van der Waals surface area contributed by atoms with E-state index in [1.165, 1.54) is 15.5 Å². The molecule has 6 heterocycles. The van der Waals surface area contributed by atoms with Gasteiger partial charge in [0.25, 0.3) is 0 Å². The van der Waals surface area contributed by atoms with Gasteiger partial charge < -0.3 is 20.4 Å². The molecule has 2 saturated heterocycles. The van der Waals surface area contributed by atoms with Crippen LogP contribution in [0, 0.1) is 32.6 Å². The molecule has 0 spiro atoms. The number of H-pyrrole nitrogens is 1. The maximum Gasteiger partial charge on any atom is 0.348 e. The summed E-state index contributed by atoms with van der Waals surface area (Å²) in [5.74, 6) is 1.85. The average Bonchev–Trinajstić information content (AvgIpc) is 3.95. The molecule has 2 fully saturated rings. The molecule has 344 valence electrons. The van der Waals surface area contributed by atoms with E-state index in [-0.39, 0.29) is 53.3 Å². The molecule has 15 nitrogen and oxygen atoms in total. The molecular weight excluding hydrogens is 876 g/mol. The van der Waals surface area contributed by atoms with E-state index in [1.54, 1.807) is 17.4 Å². The average molecular weight is 932 g/mol. The zero-order valence-electron chi connectivity index (χ0n) is 37.8. The highest BCUT2D eigenvalue weighted by atomic mass is 35.5. The fourth-order valence-corrected chi connectivity index (χ4v) is 10.9. The SMILES string of the molecule is Cc1sc2c(c1C)C(c1ccc(Cl)cc1)=N[C@@H](CC(=O)NCC1CCN(C(=O)C3CCN(Cc4ccc(-n5c(-c6cc(C(C)C)c(O)cc6O)n[nH]c5=O)cc4)CC3)CC1)c1nnc(C)n1-2. The van der Waals surface area contributed by atoms with Crippen molar-refractivity contribution >= 4 is 40.5 Å². The number of fused-ring (bicyclic) bond motifs is 3. The zero-order chi connectivity index (χ0) is 46.4. The van der Waals surface area contributed by atoms with Crippen molar-refractivity contribution in [3.63, 3.8) is 0 Å². The van der Waals surface area contributed by atoms with Crippen molar-refractivity contribution in [1.82, 2.24) is 44.6 Å². The summed E-state index contributed by atoms with van der Waals surface area (Å²) in [5, 5.41) is 41.5. The molecule has 0 aliphatic carbocycles. The van der Waals surface area contributed by atoms with Crippen molar-refractivity contribution in [2.45, 2.75) is 85.2 Å². The highest BCUT2D eigenvalue weighted by Gasteiger charge is 2.34. The predicted molar refractivity (Wildman–Crippen MR) is 255 cm³/mol. The van der Waals surface area contributed by atoms with Gasteiger partial charge in [-0.3, -0.25) is 24.0 Å². The van der Waals surface area contributed by atoms with Gasteiger partial charge >= 0.3 is 5.69 Å². The molecule has 4 N–H and O–H groups in total. The van der Waals surface area contributed by atoms with Gasteiger partial charge in [-0.25, -0.2) is 14.5 Å². The van der Waals surface area contributed by atoms with Gasteiger partial charge in [-0.05, 0) is 118 Å². The minimum Gasteiger partial charge on any atom is -0.508 e. The molecule has 3 aliphatic rings. The number of amides is 2. The fourth-order valence-electron chi connectivity index (χ4n) is 9.55. The van der Waals surface area contributed by atoms with Crippen molar-refractivity contribution in [2.75, 3.05) is 32.7 Å². The minimum absolute atomic E-state index is 0.00486. The van der Waals surface area contributed by atoms with Crippen molar-refractivity contribution in [1.29, 1.82) is 0 Å². The number of aromatic nitrogens is 6. The quantitative estimate of drug-likeness (QED) is 0.102. The van der Waals surface area contributed by atoms with Gasteiger partial charge in [0.15, 0.2) is 11.6 Å². The fraction of sp³-hybridized carbons (Fsp3) is 0.408. The Balaban J connectivity index is 0.760. The number of nitrogens with one attached hydrogen (secondary N) is 2. The van der Waals surface area contributed by atoms with Crippen LogP contribution in [-0.2, 0) is 16.1 Å². The Bertz CT molecular complexity index is 2860. The lowest BCUT2D eigenvalue weighted by molar-refractivity contribution is -0.138. The number of rotatable bonds is 11. The highest BCUT2D eigenvalue weighted by molar-refractivity contribution is 7.15. The van der Waals surface area contributed by atoms with E-state index in [4.69, 9.17) is 16.6 Å². The number of phenols is 2. The number of carbonyl (C=O) groups is 2. The van der Waals surface area contributed by atoms with Crippen molar-refractivity contribution in [3.05, 3.63) is 121 Å². The molecule has 3 aromatic carbocycles. The monoisotopic (exact) mass is 930 g/mol. The number of hydrogen-bond acceptors (Lipinski definition) is 11. The molecule has 17 heteroatoms. The van der Waals surface area contributed by atoms with Crippen molar-refractivity contribution in [2.24, 2.45) is 16.8 Å². The Morgan fingerprint density at radius 2 is 1.62 bits per heavy atom. The summed E-state index contributed by atoms with van der Waals surface area (Å²) in [6, 6.07) is 17.8. The first-order valence-electron chi connectivity index (χ1n) is 22.7. The summed E-state index contributed by atoms with van der Waals surface area (Å²) < 4.78 is 3.47. The molecule has 3 aromatic heterocycles. The molecule has 0 bridgehead atoms. The van der Waals surface area contributed by atoms with E-state index < -0.39 is 11.7 Å². The zero-order valence-corrected chi connectivity index (χ0v) is 39.4. The number of aryl methyl sites for hydroxylation is 2. The third-order valence-electron chi connectivity index (χ3n) is 13.5. The Morgan fingerprint density at radius 1 is 0.909 bits per heavy atom. The number of halogens is 1. The largest absolute Gasteiger partial charge is 0.508 e. The van der Waals surface area contributed by atoms with E-state index in [2.05, 4.69) is 49.0 Å². The lowest BCUT2D eigenvalue weighted by atomic mass is 9.92. The van der Waals surface area contributed by atoms with Crippen LogP contribution in [-0.4, -0.2) is 99.8 Å². The number of aromatic hydroxyl groups is 2. The molecular formula is C49H55ClN10O5S. The molecule has 1 atom stereocenters. The first-order valence-corrected chi connectivity index (χ1v) is 23.9. The van der Waals surface area contributed by atoms with Gasteiger partial charge in [0.1, 0.15) is 28.4 Å². The lowest BCUT2D eigenvalue weighted by Crippen LogP contribution is -2.46. The second-order valence-electron chi connectivity index (χ2n) is 18.2. The highest BCUT2D eigenvalue weighted by Crippen LogP contribution is 2.40. The number of hydrogen-bond donors (Lipinski definition) is 4. The van der Waals surface area contributed by atoms with Gasteiger partial charge in [0.2, 0.25) is 11.8 Å². The number of carbonyl (C=O) groups excluding carboxylic acids is 2. The van der Waals surface area contributed by atoms with Gasteiger partial charge in [-0.2, -0.15) is 5.10 Å². The van der Waals surface area contributed by atoms with Crippen LogP contribution >= 0.6 is 22.9 Å². The maximum atomic E-state index is 13.7.